The summed E-state index contributed by atoms with van der Waals surface area (Å²) in [6.45, 7) is 1.17. The van der Waals surface area contributed by atoms with Gasteiger partial charge in [0.05, 0.1) is 5.88 Å². The van der Waals surface area contributed by atoms with Gasteiger partial charge in [-0.15, -0.1) is 22.9 Å². The molecule has 4 nitrogen and oxygen atoms in total. The molecule has 0 aliphatic heterocycles. The lowest BCUT2D eigenvalue weighted by Gasteiger charge is -2.18. The topological polar surface area (TPSA) is 40.6 Å². The van der Waals surface area contributed by atoms with Crippen LogP contribution in [-0.2, 0) is 15.9 Å². The molecule has 0 aliphatic rings. The molecular formula is C10H17ClN2O2S2. The van der Waals surface area contributed by atoms with Gasteiger partial charge in [-0.2, -0.15) is 4.31 Å². The van der Waals surface area contributed by atoms with Gasteiger partial charge in [0.2, 0.25) is 0 Å². The second-order valence-electron chi connectivity index (χ2n) is 3.98. The molecule has 0 N–H and O–H groups in total. The second-order valence-corrected chi connectivity index (χ2v) is 7.69. The zero-order valence-electron chi connectivity index (χ0n) is 10.2. The molecule has 17 heavy (non-hydrogen) atoms. The number of nitrogens with zero attached hydrogens (tertiary/aromatic N) is 2. The van der Waals surface area contributed by atoms with Crippen LogP contribution >= 0.6 is 22.9 Å². The fourth-order valence-corrected chi connectivity index (χ4v) is 4.01. The lowest BCUT2D eigenvalue weighted by Crippen LogP contribution is -2.33. The molecule has 98 valence electrons. The molecule has 1 rings (SSSR count). The minimum absolute atomic E-state index is 0.349. The van der Waals surface area contributed by atoms with Crippen molar-refractivity contribution >= 4 is 33.0 Å². The zero-order chi connectivity index (χ0) is 13.1. The first-order chi connectivity index (χ1) is 7.87. The normalized spacial score (nSPS) is 12.6. The van der Waals surface area contributed by atoms with Crippen molar-refractivity contribution < 1.29 is 8.42 Å². The van der Waals surface area contributed by atoms with Crippen molar-refractivity contribution in [1.82, 2.24) is 9.21 Å². The Morgan fingerprint density at radius 3 is 2.35 bits per heavy atom. The molecule has 0 aromatic carbocycles. The second kappa shape index (κ2) is 6.15. The Morgan fingerprint density at radius 2 is 1.88 bits per heavy atom. The average Bonchev–Trinajstić information content (AvgIpc) is 2.74. The molecule has 0 unspecified atom stereocenters. The van der Waals surface area contributed by atoms with E-state index in [-0.39, 0.29) is 0 Å². The van der Waals surface area contributed by atoms with Crippen LogP contribution in [0.5, 0.6) is 0 Å². The van der Waals surface area contributed by atoms with Crippen LogP contribution in [0.15, 0.2) is 16.3 Å². The molecule has 0 aliphatic carbocycles. The average molecular weight is 297 g/mol. The number of likely N-dealkylation sites (N-methyl/N-ethyl adjacent to an activating group) is 2. The standard InChI is InChI=1S/C10H17ClN2O2S2/c1-12(2)6-7-13(3)17(14,15)10-5-4-9(8-11)16-10/h4-5H,6-8H2,1-3H3. The Hall–Kier alpha value is -0.140. The van der Waals surface area contributed by atoms with Crippen LogP contribution in [0.1, 0.15) is 4.88 Å². The van der Waals surface area contributed by atoms with Gasteiger partial charge in [-0.25, -0.2) is 8.42 Å². The number of alkyl halides is 1. The summed E-state index contributed by atoms with van der Waals surface area (Å²) in [7, 11) is 2.07. The maximum atomic E-state index is 12.1. The first-order valence-corrected chi connectivity index (χ1v) is 7.92. The molecule has 0 saturated heterocycles. The molecule has 0 radical (unpaired) electrons. The SMILES string of the molecule is CN(C)CCN(C)S(=O)(=O)c1ccc(CCl)s1. The van der Waals surface area contributed by atoms with Crippen molar-refractivity contribution in [2.45, 2.75) is 10.1 Å². The lowest BCUT2D eigenvalue weighted by atomic mass is 10.5. The summed E-state index contributed by atoms with van der Waals surface area (Å²) in [4.78, 5) is 2.82. The molecule has 7 heteroatoms. The lowest BCUT2D eigenvalue weighted by molar-refractivity contribution is 0.359. The van der Waals surface area contributed by atoms with Crippen molar-refractivity contribution in [1.29, 1.82) is 0 Å². The predicted octanol–water partition coefficient (Wildman–Crippen LogP) is 1.67. The van der Waals surface area contributed by atoms with Crippen molar-refractivity contribution in [2.75, 3.05) is 34.2 Å². The highest BCUT2D eigenvalue weighted by Crippen LogP contribution is 2.25. The number of halogens is 1. The van der Waals surface area contributed by atoms with Crippen LogP contribution in [0, 0.1) is 0 Å². The van der Waals surface area contributed by atoms with E-state index in [1.54, 1.807) is 19.2 Å². The fraction of sp³-hybridized carbons (Fsp3) is 0.600. The van der Waals surface area contributed by atoms with E-state index < -0.39 is 10.0 Å². The van der Waals surface area contributed by atoms with Gasteiger partial charge in [-0.1, -0.05) is 0 Å². The monoisotopic (exact) mass is 296 g/mol. The van der Waals surface area contributed by atoms with Crippen molar-refractivity contribution in [3.05, 3.63) is 17.0 Å². The quantitative estimate of drug-likeness (QED) is 0.750. The molecule has 0 atom stereocenters. The van der Waals surface area contributed by atoms with Crippen molar-refractivity contribution in [2.24, 2.45) is 0 Å². The number of sulfonamides is 1. The van der Waals surface area contributed by atoms with E-state index in [0.717, 1.165) is 4.88 Å². The summed E-state index contributed by atoms with van der Waals surface area (Å²) in [5, 5.41) is 0. The third kappa shape index (κ3) is 3.93. The van der Waals surface area contributed by atoms with E-state index in [1.165, 1.54) is 15.6 Å². The Labute approximate surface area is 112 Å². The molecule has 1 aromatic heterocycles. The molecule has 0 bridgehead atoms. The number of hydrogen-bond acceptors (Lipinski definition) is 4. The summed E-state index contributed by atoms with van der Waals surface area (Å²) in [6.07, 6.45) is 0. The zero-order valence-corrected chi connectivity index (χ0v) is 12.6. The molecule has 1 aromatic rings. The summed E-state index contributed by atoms with van der Waals surface area (Å²) in [5.74, 6) is 0.349. The van der Waals surface area contributed by atoms with E-state index in [1.807, 2.05) is 19.0 Å². The van der Waals surface area contributed by atoms with E-state index in [9.17, 15) is 8.42 Å². The Kier molecular flexibility index (Phi) is 5.40. The highest BCUT2D eigenvalue weighted by molar-refractivity contribution is 7.91. The summed E-state index contributed by atoms with van der Waals surface area (Å²) >= 11 is 6.90. The molecule has 0 amide bonds. The molecular weight excluding hydrogens is 280 g/mol. The summed E-state index contributed by atoms with van der Waals surface area (Å²) in [6, 6.07) is 3.37. The van der Waals surface area contributed by atoms with Crippen LogP contribution in [0.25, 0.3) is 0 Å². The molecule has 0 saturated carbocycles. The van der Waals surface area contributed by atoms with Gasteiger partial charge in [0.1, 0.15) is 4.21 Å². The first-order valence-electron chi connectivity index (χ1n) is 5.13. The Bertz CT molecular complexity index is 457. The van der Waals surface area contributed by atoms with Crippen LogP contribution in [0.2, 0.25) is 0 Å². The van der Waals surface area contributed by atoms with E-state index in [4.69, 9.17) is 11.6 Å². The van der Waals surface area contributed by atoms with Gasteiger partial charge in [-0.05, 0) is 26.2 Å². The van der Waals surface area contributed by atoms with Gasteiger partial charge in [0, 0.05) is 25.0 Å². The van der Waals surface area contributed by atoms with Crippen LogP contribution in [0.3, 0.4) is 0 Å². The first kappa shape index (κ1) is 14.9. The molecule has 0 fully saturated rings. The molecule has 0 spiro atoms. The van der Waals surface area contributed by atoms with Crippen LogP contribution < -0.4 is 0 Å². The number of hydrogen-bond donors (Lipinski definition) is 0. The molecule has 1 heterocycles. The number of rotatable bonds is 6. The fourth-order valence-electron chi connectivity index (χ4n) is 1.18. The van der Waals surface area contributed by atoms with Crippen LogP contribution in [-0.4, -0.2) is 51.9 Å². The van der Waals surface area contributed by atoms with Gasteiger partial charge >= 0.3 is 0 Å². The van der Waals surface area contributed by atoms with E-state index in [0.29, 0.717) is 23.2 Å². The Morgan fingerprint density at radius 1 is 1.24 bits per heavy atom. The van der Waals surface area contributed by atoms with Crippen molar-refractivity contribution in [3.63, 3.8) is 0 Å². The maximum Gasteiger partial charge on any atom is 0.252 e. The minimum atomic E-state index is -3.36. The van der Waals surface area contributed by atoms with Gasteiger partial charge < -0.3 is 4.90 Å². The number of thiophene rings is 1. The smallest absolute Gasteiger partial charge is 0.252 e. The van der Waals surface area contributed by atoms with E-state index >= 15 is 0 Å². The van der Waals surface area contributed by atoms with E-state index in [2.05, 4.69) is 0 Å². The van der Waals surface area contributed by atoms with Crippen molar-refractivity contribution in [3.8, 4) is 0 Å². The predicted molar refractivity (Wildman–Crippen MR) is 72.2 cm³/mol. The highest BCUT2D eigenvalue weighted by atomic mass is 35.5. The third-order valence-corrected chi connectivity index (χ3v) is 6.15. The van der Waals surface area contributed by atoms with Gasteiger partial charge in [0.25, 0.3) is 10.0 Å². The largest absolute Gasteiger partial charge is 0.308 e. The maximum absolute atomic E-state index is 12.1. The third-order valence-electron chi connectivity index (χ3n) is 2.30. The minimum Gasteiger partial charge on any atom is -0.308 e. The summed E-state index contributed by atoms with van der Waals surface area (Å²) < 4.78 is 26.0. The summed E-state index contributed by atoms with van der Waals surface area (Å²) in [5.41, 5.74) is 0. The van der Waals surface area contributed by atoms with Gasteiger partial charge in [0.15, 0.2) is 0 Å². The van der Waals surface area contributed by atoms with Crippen LogP contribution in [0.4, 0.5) is 0 Å². The Balaban J connectivity index is 2.79. The highest BCUT2D eigenvalue weighted by Gasteiger charge is 2.22. The van der Waals surface area contributed by atoms with Gasteiger partial charge in [-0.3, -0.25) is 0 Å².